The summed E-state index contributed by atoms with van der Waals surface area (Å²) in [7, 11) is -1.50. The summed E-state index contributed by atoms with van der Waals surface area (Å²) in [4.78, 5) is 10.9. The van der Waals surface area contributed by atoms with E-state index in [9.17, 15) is 13.2 Å². The Morgan fingerprint density at radius 2 is 1.80 bits per heavy atom. The lowest BCUT2D eigenvalue weighted by molar-refractivity contribution is -0.109. The zero-order valence-electron chi connectivity index (χ0n) is 8.60. The van der Waals surface area contributed by atoms with Gasteiger partial charge in [-0.05, 0) is 24.7 Å². The van der Waals surface area contributed by atoms with Gasteiger partial charge >= 0.3 is 0 Å². The van der Waals surface area contributed by atoms with Crippen LogP contribution in [-0.2, 0) is 14.6 Å². The maximum Gasteiger partial charge on any atom is 0.175 e. The van der Waals surface area contributed by atoms with Crippen molar-refractivity contribution in [2.45, 2.75) is 10.9 Å². The van der Waals surface area contributed by atoms with Crippen LogP contribution in [0.1, 0.15) is 11.6 Å². The van der Waals surface area contributed by atoms with E-state index in [4.69, 9.17) is 0 Å². The highest BCUT2D eigenvalue weighted by Gasteiger charge is 2.10. The van der Waals surface area contributed by atoms with Gasteiger partial charge in [-0.1, -0.05) is 12.1 Å². The summed E-state index contributed by atoms with van der Waals surface area (Å²) >= 11 is 0. The average Bonchev–Trinajstić information content (AvgIpc) is 2.19. The van der Waals surface area contributed by atoms with Crippen molar-refractivity contribution in [2.75, 3.05) is 13.3 Å². The van der Waals surface area contributed by atoms with Gasteiger partial charge in [-0.3, -0.25) is 0 Å². The SMILES string of the molecule is CNC(C=O)c1ccc(S(C)(=O)=O)cc1. The van der Waals surface area contributed by atoms with Gasteiger partial charge in [0.05, 0.1) is 10.9 Å². The highest BCUT2D eigenvalue weighted by Crippen LogP contribution is 2.14. The number of carbonyl (C=O) groups excluding carboxylic acids is 1. The van der Waals surface area contributed by atoms with E-state index in [0.717, 1.165) is 18.1 Å². The van der Waals surface area contributed by atoms with E-state index in [-0.39, 0.29) is 4.90 Å². The largest absolute Gasteiger partial charge is 0.307 e. The quantitative estimate of drug-likeness (QED) is 0.763. The first kappa shape index (κ1) is 11.9. The second kappa shape index (κ2) is 4.55. The first-order chi connectivity index (χ1) is 6.99. The van der Waals surface area contributed by atoms with Crippen molar-refractivity contribution in [1.82, 2.24) is 5.32 Å². The molecule has 1 atom stereocenters. The first-order valence-electron chi connectivity index (χ1n) is 4.41. The molecule has 1 rings (SSSR count). The van der Waals surface area contributed by atoms with E-state index in [2.05, 4.69) is 5.32 Å². The molecule has 1 N–H and O–H groups in total. The number of benzene rings is 1. The minimum Gasteiger partial charge on any atom is -0.307 e. The van der Waals surface area contributed by atoms with E-state index < -0.39 is 15.9 Å². The monoisotopic (exact) mass is 227 g/mol. The molecule has 15 heavy (non-hydrogen) atoms. The van der Waals surface area contributed by atoms with Crippen LogP contribution < -0.4 is 5.32 Å². The lowest BCUT2D eigenvalue weighted by atomic mass is 10.1. The molecule has 0 spiro atoms. The minimum absolute atomic E-state index is 0.256. The Morgan fingerprint density at radius 3 is 2.13 bits per heavy atom. The molecular weight excluding hydrogens is 214 g/mol. The van der Waals surface area contributed by atoms with Crippen LogP contribution in [-0.4, -0.2) is 28.0 Å². The summed E-state index contributed by atoms with van der Waals surface area (Å²) in [5, 5.41) is 2.81. The third kappa shape index (κ3) is 2.87. The average molecular weight is 227 g/mol. The van der Waals surface area contributed by atoms with Crippen molar-refractivity contribution < 1.29 is 13.2 Å². The van der Waals surface area contributed by atoms with Crippen LogP contribution in [0.5, 0.6) is 0 Å². The van der Waals surface area contributed by atoms with E-state index >= 15 is 0 Å². The van der Waals surface area contributed by atoms with Crippen LogP contribution in [0.4, 0.5) is 0 Å². The van der Waals surface area contributed by atoms with Gasteiger partial charge in [0.25, 0.3) is 0 Å². The lowest BCUT2D eigenvalue weighted by Crippen LogP contribution is -2.17. The normalized spacial score (nSPS) is 13.5. The number of sulfone groups is 1. The van der Waals surface area contributed by atoms with E-state index in [1.807, 2.05) is 0 Å². The zero-order chi connectivity index (χ0) is 11.5. The predicted octanol–water partition coefficient (Wildman–Crippen LogP) is 0.549. The molecule has 0 fully saturated rings. The highest BCUT2D eigenvalue weighted by atomic mass is 32.2. The Balaban J connectivity index is 3.05. The molecular formula is C10H13NO3S. The van der Waals surface area contributed by atoms with Crippen LogP contribution in [0.3, 0.4) is 0 Å². The molecule has 0 aliphatic heterocycles. The van der Waals surface area contributed by atoms with Gasteiger partial charge in [0, 0.05) is 6.26 Å². The van der Waals surface area contributed by atoms with Crippen LogP contribution in [0.2, 0.25) is 0 Å². The Morgan fingerprint density at radius 1 is 1.27 bits per heavy atom. The number of carbonyl (C=O) groups is 1. The molecule has 1 aromatic rings. The highest BCUT2D eigenvalue weighted by molar-refractivity contribution is 7.90. The molecule has 0 aromatic heterocycles. The number of aldehydes is 1. The van der Waals surface area contributed by atoms with E-state index in [1.54, 1.807) is 19.2 Å². The predicted molar refractivity (Wildman–Crippen MR) is 57.4 cm³/mol. The standard InChI is InChI=1S/C10H13NO3S/c1-11-10(7-12)8-3-5-9(6-4-8)15(2,13)14/h3-7,10-11H,1-2H3. The molecule has 0 radical (unpaired) electrons. The summed E-state index contributed by atoms with van der Waals surface area (Å²) in [6.07, 6.45) is 1.92. The Hall–Kier alpha value is -1.20. The summed E-state index contributed by atoms with van der Waals surface area (Å²) in [6.45, 7) is 0. The third-order valence-electron chi connectivity index (χ3n) is 2.11. The minimum atomic E-state index is -3.17. The lowest BCUT2D eigenvalue weighted by Gasteiger charge is -2.09. The fourth-order valence-corrected chi connectivity index (χ4v) is 1.87. The van der Waals surface area contributed by atoms with Crippen molar-refractivity contribution >= 4 is 16.1 Å². The van der Waals surface area contributed by atoms with Crippen LogP contribution in [0.15, 0.2) is 29.2 Å². The molecule has 4 nitrogen and oxygen atoms in total. The maximum absolute atomic E-state index is 11.2. The molecule has 5 heteroatoms. The van der Waals surface area contributed by atoms with Crippen molar-refractivity contribution in [3.63, 3.8) is 0 Å². The molecule has 0 aliphatic carbocycles. The van der Waals surface area contributed by atoms with Crippen LogP contribution in [0.25, 0.3) is 0 Å². The molecule has 0 bridgehead atoms. The fourth-order valence-electron chi connectivity index (χ4n) is 1.24. The summed E-state index contributed by atoms with van der Waals surface area (Å²) in [5.74, 6) is 0. The zero-order valence-corrected chi connectivity index (χ0v) is 9.41. The summed E-state index contributed by atoms with van der Waals surface area (Å²) in [5.41, 5.74) is 0.750. The molecule has 1 aromatic carbocycles. The number of hydrogen-bond donors (Lipinski definition) is 1. The second-order valence-corrected chi connectivity index (χ2v) is 5.26. The Bertz CT molecular complexity index is 436. The van der Waals surface area contributed by atoms with Crippen molar-refractivity contribution in [3.05, 3.63) is 29.8 Å². The molecule has 0 heterocycles. The first-order valence-corrected chi connectivity index (χ1v) is 6.30. The van der Waals surface area contributed by atoms with Crippen LogP contribution >= 0.6 is 0 Å². The molecule has 1 unspecified atom stereocenters. The smallest absolute Gasteiger partial charge is 0.175 e. The van der Waals surface area contributed by atoms with Gasteiger partial charge in [-0.2, -0.15) is 0 Å². The molecule has 0 saturated carbocycles. The van der Waals surface area contributed by atoms with E-state index in [0.29, 0.717) is 0 Å². The van der Waals surface area contributed by atoms with Gasteiger partial charge in [0.1, 0.15) is 6.29 Å². The summed E-state index contributed by atoms with van der Waals surface area (Å²) in [6, 6.07) is 5.87. The fraction of sp³-hybridized carbons (Fsp3) is 0.300. The topological polar surface area (TPSA) is 63.2 Å². The molecule has 0 saturated heterocycles. The number of hydrogen-bond acceptors (Lipinski definition) is 4. The third-order valence-corrected chi connectivity index (χ3v) is 3.24. The summed E-state index contributed by atoms with van der Waals surface area (Å²) < 4.78 is 22.3. The molecule has 0 aliphatic rings. The number of likely N-dealkylation sites (N-methyl/N-ethyl adjacent to an activating group) is 1. The molecule has 82 valence electrons. The van der Waals surface area contributed by atoms with Gasteiger partial charge in [-0.15, -0.1) is 0 Å². The van der Waals surface area contributed by atoms with Crippen molar-refractivity contribution in [3.8, 4) is 0 Å². The Labute approximate surface area is 89.2 Å². The van der Waals surface area contributed by atoms with Gasteiger partial charge < -0.3 is 10.1 Å². The van der Waals surface area contributed by atoms with Crippen molar-refractivity contribution in [2.24, 2.45) is 0 Å². The second-order valence-electron chi connectivity index (χ2n) is 3.24. The number of rotatable bonds is 4. The van der Waals surface area contributed by atoms with E-state index in [1.165, 1.54) is 12.1 Å². The van der Waals surface area contributed by atoms with Crippen LogP contribution in [0, 0.1) is 0 Å². The van der Waals surface area contributed by atoms with Gasteiger partial charge in [-0.25, -0.2) is 8.42 Å². The molecule has 0 amide bonds. The maximum atomic E-state index is 11.2. The van der Waals surface area contributed by atoms with Gasteiger partial charge in [0.15, 0.2) is 9.84 Å². The number of nitrogens with one attached hydrogen (secondary N) is 1. The van der Waals surface area contributed by atoms with Gasteiger partial charge in [0.2, 0.25) is 0 Å². The Kier molecular flexibility index (Phi) is 3.60. The van der Waals surface area contributed by atoms with Crippen molar-refractivity contribution in [1.29, 1.82) is 0 Å².